The molecular weight excluding hydrogens is 410 g/mol. The summed E-state index contributed by atoms with van der Waals surface area (Å²) in [5, 5.41) is 7.55. The molecule has 0 saturated heterocycles. The van der Waals surface area contributed by atoms with Crippen LogP contribution in [-0.4, -0.2) is 33.3 Å². The van der Waals surface area contributed by atoms with Gasteiger partial charge in [0, 0.05) is 17.5 Å². The molecule has 0 spiro atoms. The van der Waals surface area contributed by atoms with Crippen molar-refractivity contribution in [2.24, 2.45) is 0 Å². The minimum absolute atomic E-state index is 0.102. The van der Waals surface area contributed by atoms with E-state index in [4.69, 9.17) is 0 Å². The normalized spacial score (nSPS) is 12.0. The Hall–Kier alpha value is -2.78. The fourth-order valence-electron chi connectivity index (χ4n) is 2.81. The molecule has 0 amide bonds. The number of benzene rings is 2. The van der Waals surface area contributed by atoms with Gasteiger partial charge in [0.1, 0.15) is 0 Å². The van der Waals surface area contributed by atoms with Crippen LogP contribution in [0.5, 0.6) is 0 Å². The molecule has 29 heavy (non-hydrogen) atoms. The molecule has 0 atom stereocenters. The first-order valence-corrected chi connectivity index (χ1v) is 12.1. The summed E-state index contributed by atoms with van der Waals surface area (Å²) in [6.45, 7) is 5.58. The van der Waals surface area contributed by atoms with Crippen molar-refractivity contribution in [1.82, 2.24) is 10.2 Å². The Morgan fingerprint density at radius 3 is 1.93 bits per heavy atom. The zero-order valence-corrected chi connectivity index (χ0v) is 18.1. The van der Waals surface area contributed by atoms with Gasteiger partial charge in [-0.2, -0.15) is 0 Å². The number of anilines is 1. The third-order valence-corrected chi connectivity index (χ3v) is 7.03. The summed E-state index contributed by atoms with van der Waals surface area (Å²) in [7, 11) is -7.14. The van der Waals surface area contributed by atoms with Crippen LogP contribution in [0.4, 0.5) is 5.69 Å². The largest absolute Gasteiger partial charge is 0.280 e. The Morgan fingerprint density at radius 2 is 1.38 bits per heavy atom. The van der Waals surface area contributed by atoms with E-state index >= 15 is 0 Å². The summed E-state index contributed by atoms with van der Waals surface area (Å²) in [4.78, 5) is 0.243. The van der Waals surface area contributed by atoms with E-state index in [-0.39, 0.29) is 9.92 Å². The molecule has 9 heteroatoms. The third kappa shape index (κ3) is 4.63. The van der Waals surface area contributed by atoms with Gasteiger partial charge in [0.25, 0.3) is 10.0 Å². The first-order chi connectivity index (χ1) is 13.5. The third-order valence-electron chi connectivity index (χ3n) is 4.53. The number of nitrogens with zero attached hydrogens (tertiary/aromatic N) is 2. The minimum atomic E-state index is -3.73. The highest BCUT2D eigenvalue weighted by Gasteiger charge is 2.18. The van der Waals surface area contributed by atoms with Crippen molar-refractivity contribution in [2.45, 2.75) is 30.7 Å². The molecule has 3 aromatic rings. The van der Waals surface area contributed by atoms with Crippen LogP contribution in [0.3, 0.4) is 0 Å². The maximum atomic E-state index is 12.8. The number of hydrogen-bond acceptors (Lipinski definition) is 6. The molecular formula is C20H21N3O4S2. The summed E-state index contributed by atoms with van der Waals surface area (Å²) in [6, 6.07) is 13.1. The molecule has 152 valence electrons. The van der Waals surface area contributed by atoms with Crippen LogP contribution in [0, 0.1) is 20.8 Å². The van der Waals surface area contributed by atoms with E-state index in [2.05, 4.69) is 14.9 Å². The molecule has 0 bridgehead atoms. The summed E-state index contributed by atoms with van der Waals surface area (Å²) in [5.74, 6) is 0. The number of hydrogen-bond donors (Lipinski definition) is 1. The lowest BCUT2D eigenvalue weighted by molar-refractivity contribution is 0.595. The van der Waals surface area contributed by atoms with E-state index in [0.29, 0.717) is 22.5 Å². The van der Waals surface area contributed by atoms with Crippen molar-refractivity contribution < 1.29 is 16.8 Å². The number of sulfone groups is 1. The number of aromatic nitrogens is 2. The van der Waals surface area contributed by atoms with Gasteiger partial charge in [0.15, 0.2) is 14.9 Å². The van der Waals surface area contributed by atoms with Gasteiger partial charge in [-0.15, -0.1) is 10.2 Å². The lowest BCUT2D eigenvalue weighted by atomic mass is 10.1. The second-order valence-corrected chi connectivity index (χ2v) is 10.5. The molecule has 2 aromatic carbocycles. The second-order valence-electron chi connectivity index (χ2n) is 6.91. The second kappa shape index (κ2) is 7.57. The SMILES string of the molecule is Cc1cc(C)c(S(=O)(=O)Nc2ccc(-c3ccc(S(C)(=O)=O)nn3)cc2)cc1C. The zero-order valence-electron chi connectivity index (χ0n) is 16.5. The fraction of sp³-hybridized carbons (Fsp3) is 0.200. The average molecular weight is 432 g/mol. The Balaban J connectivity index is 1.85. The smallest absolute Gasteiger partial charge is 0.262 e. The van der Waals surface area contributed by atoms with E-state index < -0.39 is 19.9 Å². The van der Waals surface area contributed by atoms with E-state index in [1.165, 1.54) is 6.07 Å². The van der Waals surface area contributed by atoms with E-state index in [0.717, 1.165) is 17.4 Å². The number of nitrogens with one attached hydrogen (secondary N) is 1. The summed E-state index contributed by atoms with van der Waals surface area (Å²) >= 11 is 0. The van der Waals surface area contributed by atoms with Crippen LogP contribution in [0.2, 0.25) is 0 Å². The van der Waals surface area contributed by atoms with Crippen molar-refractivity contribution in [1.29, 1.82) is 0 Å². The molecule has 0 aliphatic rings. The van der Waals surface area contributed by atoms with Crippen LogP contribution in [0.25, 0.3) is 11.3 Å². The Labute approximate surface area is 170 Å². The van der Waals surface area contributed by atoms with Gasteiger partial charge in [-0.3, -0.25) is 4.72 Å². The molecule has 7 nitrogen and oxygen atoms in total. The lowest BCUT2D eigenvalue weighted by Gasteiger charge is -2.13. The van der Waals surface area contributed by atoms with Gasteiger partial charge in [-0.05, 0) is 67.8 Å². The minimum Gasteiger partial charge on any atom is -0.280 e. The highest BCUT2D eigenvalue weighted by atomic mass is 32.2. The van der Waals surface area contributed by atoms with Crippen LogP contribution in [0.1, 0.15) is 16.7 Å². The molecule has 3 rings (SSSR count). The molecule has 0 aliphatic carbocycles. The predicted molar refractivity (Wildman–Crippen MR) is 112 cm³/mol. The summed E-state index contributed by atoms with van der Waals surface area (Å²) < 4.78 is 51.1. The first-order valence-electron chi connectivity index (χ1n) is 8.72. The monoisotopic (exact) mass is 431 g/mol. The fourth-order valence-corrected chi connectivity index (χ4v) is 4.69. The summed E-state index contributed by atoms with van der Waals surface area (Å²) in [6.07, 6.45) is 1.06. The van der Waals surface area contributed by atoms with E-state index in [1.807, 2.05) is 19.9 Å². The molecule has 1 N–H and O–H groups in total. The van der Waals surface area contributed by atoms with Crippen molar-refractivity contribution in [3.63, 3.8) is 0 Å². The van der Waals surface area contributed by atoms with Gasteiger partial charge in [0.05, 0.1) is 10.6 Å². The van der Waals surface area contributed by atoms with Gasteiger partial charge in [0.2, 0.25) is 0 Å². The van der Waals surface area contributed by atoms with Crippen molar-refractivity contribution in [3.05, 3.63) is 65.2 Å². The lowest BCUT2D eigenvalue weighted by Crippen LogP contribution is -2.14. The highest BCUT2D eigenvalue weighted by molar-refractivity contribution is 7.92. The average Bonchev–Trinajstić information content (AvgIpc) is 2.64. The standard InChI is InChI=1S/C20H21N3O4S2/c1-13-11-15(3)19(12-14(13)2)29(26,27)23-17-7-5-16(6-8-17)18-9-10-20(22-21-18)28(4,24)25/h5-12,23H,1-4H3. The first kappa shape index (κ1) is 20.9. The Morgan fingerprint density at radius 1 is 0.759 bits per heavy atom. The number of sulfonamides is 1. The maximum absolute atomic E-state index is 12.8. The van der Waals surface area contributed by atoms with Crippen LogP contribution < -0.4 is 4.72 Å². The quantitative estimate of drug-likeness (QED) is 0.664. The molecule has 1 aromatic heterocycles. The molecule has 0 fully saturated rings. The van der Waals surface area contributed by atoms with E-state index in [9.17, 15) is 16.8 Å². The molecule has 0 saturated carbocycles. The van der Waals surface area contributed by atoms with Crippen LogP contribution >= 0.6 is 0 Å². The van der Waals surface area contributed by atoms with Gasteiger partial charge < -0.3 is 0 Å². The molecule has 1 heterocycles. The topological polar surface area (TPSA) is 106 Å². The molecule has 0 aliphatic heterocycles. The van der Waals surface area contributed by atoms with Crippen molar-refractivity contribution >= 4 is 25.5 Å². The molecule has 0 radical (unpaired) electrons. The Bertz CT molecular complexity index is 1270. The van der Waals surface area contributed by atoms with E-state index in [1.54, 1.807) is 43.3 Å². The van der Waals surface area contributed by atoms with Gasteiger partial charge >= 0.3 is 0 Å². The molecule has 0 unspecified atom stereocenters. The van der Waals surface area contributed by atoms with Gasteiger partial charge in [-0.1, -0.05) is 18.2 Å². The van der Waals surface area contributed by atoms with Crippen LogP contribution in [-0.2, 0) is 19.9 Å². The Kier molecular flexibility index (Phi) is 5.46. The van der Waals surface area contributed by atoms with Gasteiger partial charge in [-0.25, -0.2) is 16.8 Å². The predicted octanol–water partition coefficient (Wildman–Crippen LogP) is 3.27. The number of rotatable bonds is 5. The summed E-state index contributed by atoms with van der Waals surface area (Å²) in [5.41, 5.74) is 4.20. The highest BCUT2D eigenvalue weighted by Crippen LogP contribution is 2.24. The maximum Gasteiger partial charge on any atom is 0.262 e. The van der Waals surface area contributed by atoms with Crippen molar-refractivity contribution in [2.75, 3.05) is 11.0 Å². The van der Waals surface area contributed by atoms with Crippen molar-refractivity contribution in [3.8, 4) is 11.3 Å². The van der Waals surface area contributed by atoms with Crippen LogP contribution in [0.15, 0.2) is 58.5 Å². The zero-order chi connectivity index (χ0) is 21.4. The number of aryl methyl sites for hydroxylation is 3.